The van der Waals surface area contributed by atoms with Crippen molar-refractivity contribution in [1.82, 2.24) is 9.62 Å². The second-order valence-electron chi connectivity index (χ2n) is 8.42. The fraction of sp³-hybridized carbons (Fsp3) is 0.440. The van der Waals surface area contributed by atoms with Gasteiger partial charge in [-0.3, -0.25) is 9.59 Å². The Morgan fingerprint density at radius 3 is 2.14 bits per heavy atom. The van der Waals surface area contributed by atoms with Gasteiger partial charge in [0.2, 0.25) is 15.9 Å². The standard InChI is InChI=1S/C25H32N2O8S/c1-33-19-6-8-21(9-7-19)35-16-4-3-5-24(28)26-18-14-15-27(23(17-18)25(29)30)36(31,32)22-12-10-20(34-2)11-13-22/h6-13,18,23H,3-5,14-17H2,1-2H3,(H,26,28)(H,29,30)/t18-,23-/m1/s1. The van der Waals surface area contributed by atoms with Crippen LogP contribution in [0.15, 0.2) is 53.4 Å². The second-order valence-corrected chi connectivity index (χ2v) is 10.3. The molecule has 2 atom stereocenters. The van der Waals surface area contributed by atoms with Gasteiger partial charge in [0.1, 0.15) is 23.3 Å². The van der Waals surface area contributed by atoms with E-state index in [0.29, 0.717) is 31.6 Å². The summed E-state index contributed by atoms with van der Waals surface area (Å²) in [6.07, 6.45) is 1.88. The van der Waals surface area contributed by atoms with Gasteiger partial charge in [0.25, 0.3) is 0 Å². The van der Waals surface area contributed by atoms with E-state index in [-0.39, 0.29) is 30.2 Å². The number of nitrogens with zero attached hydrogens (tertiary/aromatic N) is 1. The normalized spacial score (nSPS) is 18.3. The fourth-order valence-electron chi connectivity index (χ4n) is 4.02. The Morgan fingerprint density at radius 2 is 1.56 bits per heavy atom. The molecule has 1 aliphatic rings. The van der Waals surface area contributed by atoms with Crippen molar-refractivity contribution in [3.63, 3.8) is 0 Å². The molecule has 2 N–H and O–H groups in total. The molecule has 0 radical (unpaired) electrons. The molecule has 1 amide bonds. The van der Waals surface area contributed by atoms with Gasteiger partial charge in [-0.15, -0.1) is 0 Å². The molecule has 0 aromatic heterocycles. The summed E-state index contributed by atoms with van der Waals surface area (Å²) in [7, 11) is -0.952. The highest BCUT2D eigenvalue weighted by atomic mass is 32.2. The van der Waals surface area contributed by atoms with E-state index in [0.717, 1.165) is 15.8 Å². The molecule has 2 aromatic rings. The first-order chi connectivity index (χ1) is 17.2. The number of carboxylic acids is 1. The van der Waals surface area contributed by atoms with Crippen molar-refractivity contribution >= 4 is 21.9 Å². The quantitative estimate of drug-likeness (QED) is 0.409. The van der Waals surface area contributed by atoms with Crippen LogP contribution in [0.3, 0.4) is 0 Å². The third kappa shape index (κ3) is 7.11. The molecule has 11 heteroatoms. The summed E-state index contributed by atoms with van der Waals surface area (Å²) >= 11 is 0. The fourth-order valence-corrected chi connectivity index (χ4v) is 5.63. The van der Waals surface area contributed by atoms with Crippen LogP contribution in [0.5, 0.6) is 17.2 Å². The van der Waals surface area contributed by atoms with Gasteiger partial charge >= 0.3 is 5.97 Å². The summed E-state index contributed by atoms with van der Waals surface area (Å²) in [6.45, 7) is 0.453. The summed E-state index contributed by atoms with van der Waals surface area (Å²) in [5.41, 5.74) is 0. The highest BCUT2D eigenvalue weighted by molar-refractivity contribution is 7.89. The Balaban J connectivity index is 1.46. The minimum atomic E-state index is -4.02. The number of hydrogen-bond donors (Lipinski definition) is 2. The maximum absolute atomic E-state index is 13.1. The van der Waals surface area contributed by atoms with Gasteiger partial charge in [-0.1, -0.05) is 0 Å². The van der Waals surface area contributed by atoms with Gasteiger partial charge in [-0.05, 0) is 74.2 Å². The molecule has 0 saturated carbocycles. The summed E-state index contributed by atoms with van der Waals surface area (Å²) in [5.74, 6) is 0.517. The van der Waals surface area contributed by atoms with Crippen molar-refractivity contribution in [1.29, 1.82) is 0 Å². The number of carbonyl (C=O) groups is 2. The lowest BCUT2D eigenvalue weighted by Gasteiger charge is -2.36. The largest absolute Gasteiger partial charge is 0.497 e. The molecule has 0 bridgehead atoms. The van der Waals surface area contributed by atoms with E-state index in [1.807, 2.05) is 12.1 Å². The summed E-state index contributed by atoms with van der Waals surface area (Å²) in [6, 6.07) is 11.3. The van der Waals surface area contributed by atoms with E-state index in [2.05, 4.69) is 5.32 Å². The van der Waals surface area contributed by atoms with Gasteiger partial charge in [-0.25, -0.2) is 8.42 Å². The molecule has 1 saturated heterocycles. The maximum atomic E-state index is 13.1. The van der Waals surface area contributed by atoms with Crippen molar-refractivity contribution in [3.8, 4) is 17.2 Å². The molecule has 10 nitrogen and oxygen atoms in total. The first-order valence-corrected chi connectivity index (χ1v) is 13.1. The predicted octanol–water partition coefficient (Wildman–Crippen LogP) is 2.68. The molecule has 36 heavy (non-hydrogen) atoms. The van der Waals surface area contributed by atoms with Crippen LogP contribution in [-0.4, -0.2) is 69.2 Å². The van der Waals surface area contributed by atoms with E-state index in [1.165, 1.54) is 31.4 Å². The number of amides is 1. The number of hydrogen-bond acceptors (Lipinski definition) is 7. The van der Waals surface area contributed by atoms with Gasteiger partial charge in [-0.2, -0.15) is 4.31 Å². The number of sulfonamides is 1. The smallest absolute Gasteiger partial charge is 0.322 e. The number of rotatable bonds is 12. The van der Waals surface area contributed by atoms with E-state index < -0.39 is 28.1 Å². The van der Waals surface area contributed by atoms with Crippen LogP contribution in [0, 0.1) is 0 Å². The molecule has 0 unspecified atom stereocenters. The lowest BCUT2D eigenvalue weighted by atomic mass is 9.99. The molecule has 0 spiro atoms. The van der Waals surface area contributed by atoms with Crippen LogP contribution in [0.1, 0.15) is 32.1 Å². The SMILES string of the molecule is COc1ccc(OCCCCC(=O)N[C@@H]2CCN(S(=O)(=O)c3ccc(OC)cc3)[C@@H](C(=O)O)C2)cc1. The molecule has 1 heterocycles. The van der Waals surface area contributed by atoms with Crippen LogP contribution >= 0.6 is 0 Å². The van der Waals surface area contributed by atoms with Gasteiger partial charge in [0, 0.05) is 19.0 Å². The minimum absolute atomic E-state index is 0.00294. The van der Waals surface area contributed by atoms with Gasteiger partial charge in [0.05, 0.1) is 25.7 Å². The number of benzene rings is 2. The number of nitrogens with one attached hydrogen (secondary N) is 1. The Hall–Kier alpha value is -3.31. The zero-order valence-electron chi connectivity index (χ0n) is 20.4. The highest BCUT2D eigenvalue weighted by Crippen LogP contribution is 2.27. The van der Waals surface area contributed by atoms with E-state index >= 15 is 0 Å². The van der Waals surface area contributed by atoms with Crippen molar-refractivity contribution < 1.29 is 37.3 Å². The van der Waals surface area contributed by atoms with Crippen molar-refractivity contribution in [2.75, 3.05) is 27.4 Å². The zero-order valence-corrected chi connectivity index (χ0v) is 21.2. The first-order valence-electron chi connectivity index (χ1n) is 11.7. The molecule has 0 aliphatic carbocycles. The maximum Gasteiger partial charge on any atom is 0.322 e. The zero-order chi connectivity index (χ0) is 26.1. The minimum Gasteiger partial charge on any atom is -0.497 e. The Kier molecular flexibility index (Phi) is 9.54. The van der Waals surface area contributed by atoms with Gasteiger partial charge < -0.3 is 24.6 Å². The summed E-state index contributed by atoms with van der Waals surface area (Å²) in [5, 5.41) is 12.6. The molecule has 1 aliphatic heterocycles. The van der Waals surface area contributed by atoms with Crippen LogP contribution in [-0.2, 0) is 19.6 Å². The Labute approximate surface area is 211 Å². The third-order valence-corrected chi connectivity index (χ3v) is 7.92. The van der Waals surface area contributed by atoms with Gasteiger partial charge in [0.15, 0.2) is 0 Å². The lowest BCUT2D eigenvalue weighted by molar-refractivity contribution is -0.143. The molecule has 196 valence electrons. The molecular weight excluding hydrogens is 488 g/mol. The van der Waals surface area contributed by atoms with Crippen LogP contribution < -0.4 is 19.5 Å². The third-order valence-electron chi connectivity index (χ3n) is 6.00. The Morgan fingerprint density at radius 1 is 0.972 bits per heavy atom. The molecule has 3 rings (SSSR count). The molecular formula is C25H32N2O8S. The topological polar surface area (TPSA) is 131 Å². The number of aliphatic carboxylic acids is 1. The number of piperidine rings is 1. The summed E-state index contributed by atoms with van der Waals surface area (Å²) < 4.78 is 43.0. The number of ether oxygens (including phenoxy) is 3. The average molecular weight is 521 g/mol. The number of carboxylic acid groups (broad SMARTS) is 1. The first kappa shape index (κ1) is 27.3. The van der Waals surface area contributed by atoms with Crippen molar-refractivity contribution in [2.24, 2.45) is 0 Å². The van der Waals surface area contributed by atoms with Crippen molar-refractivity contribution in [3.05, 3.63) is 48.5 Å². The Bertz CT molecular complexity index is 1120. The van der Waals surface area contributed by atoms with E-state index in [9.17, 15) is 23.1 Å². The second kappa shape index (κ2) is 12.6. The van der Waals surface area contributed by atoms with Crippen LogP contribution in [0.25, 0.3) is 0 Å². The number of carbonyl (C=O) groups excluding carboxylic acids is 1. The van der Waals surface area contributed by atoms with E-state index in [4.69, 9.17) is 14.2 Å². The molecule has 2 aromatic carbocycles. The van der Waals surface area contributed by atoms with E-state index in [1.54, 1.807) is 19.2 Å². The number of methoxy groups -OCH3 is 2. The highest BCUT2D eigenvalue weighted by Gasteiger charge is 2.41. The van der Waals surface area contributed by atoms with Crippen molar-refractivity contribution in [2.45, 2.75) is 49.1 Å². The van der Waals surface area contributed by atoms with Crippen LogP contribution in [0.2, 0.25) is 0 Å². The van der Waals surface area contributed by atoms with Crippen LogP contribution in [0.4, 0.5) is 0 Å². The summed E-state index contributed by atoms with van der Waals surface area (Å²) in [4.78, 5) is 24.3. The predicted molar refractivity (Wildman–Crippen MR) is 132 cm³/mol. The monoisotopic (exact) mass is 520 g/mol. The molecule has 1 fully saturated rings. The number of unbranched alkanes of at least 4 members (excludes halogenated alkanes) is 1. The lowest BCUT2D eigenvalue weighted by Crippen LogP contribution is -2.54. The average Bonchev–Trinajstić information content (AvgIpc) is 2.88.